The molecule has 0 saturated heterocycles. The highest BCUT2D eigenvalue weighted by atomic mass is 19.1. The van der Waals surface area contributed by atoms with E-state index in [4.69, 9.17) is 0 Å². The fraction of sp³-hybridized carbons (Fsp3) is 0.167. The molecule has 0 atom stereocenters. The van der Waals surface area contributed by atoms with E-state index in [-0.39, 0.29) is 5.82 Å². The number of fused-ring (bicyclic) bond motifs is 1. The second-order valence-electron chi connectivity index (χ2n) is 4.99. The molecule has 1 N–H and O–H groups in total. The second kappa shape index (κ2) is 6.02. The lowest BCUT2D eigenvalue weighted by Gasteiger charge is -2.09. The summed E-state index contributed by atoms with van der Waals surface area (Å²) in [4.78, 5) is 4.18. The molecule has 2 aromatic carbocycles. The number of pyridine rings is 1. The summed E-state index contributed by atoms with van der Waals surface area (Å²) in [6, 6.07) is 13.4. The van der Waals surface area contributed by atoms with E-state index < -0.39 is 0 Å². The molecule has 0 unspecified atom stereocenters. The van der Waals surface area contributed by atoms with Crippen molar-refractivity contribution in [2.24, 2.45) is 0 Å². The molecular weight excluding hydrogens is 263 g/mol. The van der Waals surface area contributed by atoms with Gasteiger partial charge in [-0.2, -0.15) is 0 Å². The van der Waals surface area contributed by atoms with Gasteiger partial charge in [-0.1, -0.05) is 37.3 Å². The highest BCUT2D eigenvalue weighted by Gasteiger charge is 2.07. The van der Waals surface area contributed by atoms with Gasteiger partial charge in [-0.05, 0) is 35.2 Å². The molecule has 3 rings (SSSR count). The predicted octanol–water partition coefficient (Wildman–Crippen LogP) is 4.15. The minimum Gasteiger partial charge on any atom is -0.313 e. The van der Waals surface area contributed by atoms with Crippen LogP contribution in [-0.4, -0.2) is 11.5 Å². The minimum absolute atomic E-state index is 0.172. The molecule has 0 radical (unpaired) electrons. The minimum atomic E-state index is -0.172. The van der Waals surface area contributed by atoms with Crippen LogP contribution in [0.15, 0.2) is 54.9 Å². The van der Waals surface area contributed by atoms with Gasteiger partial charge in [0.15, 0.2) is 0 Å². The Morgan fingerprint density at radius 1 is 1.14 bits per heavy atom. The second-order valence-corrected chi connectivity index (χ2v) is 4.99. The first-order valence-corrected chi connectivity index (χ1v) is 7.12. The first-order chi connectivity index (χ1) is 10.3. The van der Waals surface area contributed by atoms with E-state index in [1.54, 1.807) is 12.3 Å². The van der Waals surface area contributed by atoms with Gasteiger partial charge in [0.25, 0.3) is 0 Å². The van der Waals surface area contributed by atoms with Gasteiger partial charge in [0.2, 0.25) is 0 Å². The van der Waals surface area contributed by atoms with Gasteiger partial charge >= 0.3 is 0 Å². The lowest BCUT2D eigenvalue weighted by molar-refractivity contribution is 0.594. The van der Waals surface area contributed by atoms with Crippen LogP contribution in [0, 0.1) is 5.82 Å². The van der Waals surface area contributed by atoms with Crippen LogP contribution in [0.2, 0.25) is 0 Å². The van der Waals surface area contributed by atoms with E-state index in [0.29, 0.717) is 12.1 Å². The van der Waals surface area contributed by atoms with Crippen molar-refractivity contribution in [2.75, 3.05) is 6.54 Å². The van der Waals surface area contributed by atoms with Gasteiger partial charge in [0.1, 0.15) is 5.82 Å². The van der Waals surface area contributed by atoms with Gasteiger partial charge in [-0.25, -0.2) is 4.39 Å². The zero-order valence-corrected chi connectivity index (χ0v) is 11.9. The van der Waals surface area contributed by atoms with E-state index in [1.165, 1.54) is 0 Å². The summed E-state index contributed by atoms with van der Waals surface area (Å²) in [7, 11) is 0. The lowest BCUT2D eigenvalue weighted by atomic mass is 9.98. The first kappa shape index (κ1) is 13.7. The highest BCUT2D eigenvalue weighted by Crippen LogP contribution is 2.29. The number of nitrogens with one attached hydrogen (secondary N) is 1. The molecule has 1 heterocycles. The SMILES string of the molecule is CCNCc1ccc(-c2cccc3ccncc23)cc1F. The monoisotopic (exact) mass is 280 g/mol. The Bertz CT molecular complexity index is 763. The average molecular weight is 280 g/mol. The molecular formula is C18H17FN2. The molecule has 0 bridgehead atoms. The van der Waals surface area contributed by atoms with Gasteiger partial charge in [0, 0.05) is 29.9 Å². The van der Waals surface area contributed by atoms with E-state index in [9.17, 15) is 4.39 Å². The lowest BCUT2D eigenvalue weighted by Crippen LogP contribution is -2.12. The van der Waals surface area contributed by atoms with Crippen molar-refractivity contribution >= 4 is 10.8 Å². The molecule has 3 heteroatoms. The Kier molecular flexibility index (Phi) is 3.93. The number of hydrogen-bond donors (Lipinski definition) is 1. The van der Waals surface area contributed by atoms with Crippen molar-refractivity contribution in [1.82, 2.24) is 10.3 Å². The number of benzene rings is 2. The predicted molar refractivity (Wildman–Crippen MR) is 84.5 cm³/mol. The number of halogens is 1. The van der Waals surface area contributed by atoms with Crippen LogP contribution in [0.1, 0.15) is 12.5 Å². The van der Waals surface area contributed by atoms with Crippen molar-refractivity contribution in [3.05, 3.63) is 66.2 Å². The van der Waals surface area contributed by atoms with Crippen LogP contribution in [0.3, 0.4) is 0 Å². The molecule has 3 aromatic rings. The molecule has 0 aliphatic heterocycles. The quantitative estimate of drug-likeness (QED) is 0.776. The highest BCUT2D eigenvalue weighted by molar-refractivity contribution is 5.95. The molecule has 0 aliphatic rings. The standard InChI is InChI=1S/C18H17FN2/c1-2-20-11-15-7-6-14(10-18(15)19)16-5-3-4-13-8-9-21-12-17(13)16/h3-10,12,20H,2,11H2,1H3. The molecule has 0 fully saturated rings. The summed E-state index contributed by atoms with van der Waals surface area (Å²) in [6.07, 6.45) is 3.60. The molecule has 0 saturated carbocycles. The molecule has 0 amide bonds. The molecule has 1 aromatic heterocycles. The fourth-order valence-electron chi connectivity index (χ4n) is 2.48. The van der Waals surface area contributed by atoms with E-state index in [2.05, 4.69) is 10.3 Å². The van der Waals surface area contributed by atoms with Gasteiger partial charge in [-0.3, -0.25) is 4.98 Å². The van der Waals surface area contributed by atoms with Crippen LogP contribution in [0.25, 0.3) is 21.9 Å². The van der Waals surface area contributed by atoms with Crippen molar-refractivity contribution in [3.8, 4) is 11.1 Å². The topological polar surface area (TPSA) is 24.9 Å². The van der Waals surface area contributed by atoms with Crippen LogP contribution < -0.4 is 5.32 Å². The molecule has 0 spiro atoms. The third-order valence-corrected chi connectivity index (χ3v) is 3.61. The van der Waals surface area contributed by atoms with Crippen molar-refractivity contribution in [1.29, 1.82) is 0 Å². The first-order valence-electron chi connectivity index (χ1n) is 7.12. The Morgan fingerprint density at radius 3 is 2.86 bits per heavy atom. The molecule has 2 nitrogen and oxygen atoms in total. The van der Waals surface area contributed by atoms with E-state index in [1.807, 2.05) is 49.5 Å². The number of nitrogens with zero attached hydrogens (tertiary/aromatic N) is 1. The Morgan fingerprint density at radius 2 is 2.05 bits per heavy atom. The number of rotatable bonds is 4. The van der Waals surface area contributed by atoms with Crippen LogP contribution in [0.5, 0.6) is 0 Å². The molecule has 0 aliphatic carbocycles. The van der Waals surface area contributed by atoms with Crippen molar-refractivity contribution < 1.29 is 4.39 Å². The van der Waals surface area contributed by atoms with E-state index >= 15 is 0 Å². The van der Waals surface area contributed by atoms with Gasteiger partial charge in [0.05, 0.1) is 0 Å². The summed E-state index contributed by atoms with van der Waals surface area (Å²) in [6.45, 7) is 3.39. The van der Waals surface area contributed by atoms with E-state index in [0.717, 1.165) is 28.4 Å². The smallest absolute Gasteiger partial charge is 0.128 e. The largest absolute Gasteiger partial charge is 0.313 e. The maximum absolute atomic E-state index is 14.2. The summed E-state index contributed by atoms with van der Waals surface area (Å²) >= 11 is 0. The number of aromatic nitrogens is 1. The van der Waals surface area contributed by atoms with Crippen LogP contribution in [-0.2, 0) is 6.54 Å². The summed E-state index contributed by atoms with van der Waals surface area (Å²) in [5.41, 5.74) is 2.58. The van der Waals surface area contributed by atoms with Gasteiger partial charge < -0.3 is 5.32 Å². The fourth-order valence-corrected chi connectivity index (χ4v) is 2.48. The van der Waals surface area contributed by atoms with Crippen LogP contribution >= 0.6 is 0 Å². The van der Waals surface area contributed by atoms with Crippen molar-refractivity contribution in [3.63, 3.8) is 0 Å². The molecule has 106 valence electrons. The zero-order valence-electron chi connectivity index (χ0n) is 11.9. The number of hydrogen-bond acceptors (Lipinski definition) is 2. The Hall–Kier alpha value is -2.26. The third kappa shape index (κ3) is 2.78. The summed E-state index contributed by atoms with van der Waals surface area (Å²) in [5, 5.41) is 5.30. The molecule has 21 heavy (non-hydrogen) atoms. The average Bonchev–Trinajstić information content (AvgIpc) is 2.53. The Labute approximate surface area is 123 Å². The maximum atomic E-state index is 14.2. The zero-order chi connectivity index (χ0) is 14.7. The third-order valence-electron chi connectivity index (χ3n) is 3.61. The maximum Gasteiger partial charge on any atom is 0.128 e. The summed E-state index contributed by atoms with van der Waals surface area (Å²) < 4.78 is 14.2. The van der Waals surface area contributed by atoms with Gasteiger partial charge in [-0.15, -0.1) is 0 Å². The summed E-state index contributed by atoms with van der Waals surface area (Å²) in [5.74, 6) is -0.172. The van der Waals surface area contributed by atoms with Crippen molar-refractivity contribution in [2.45, 2.75) is 13.5 Å². The van der Waals surface area contributed by atoms with Crippen LogP contribution in [0.4, 0.5) is 4.39 Å². The normalized spacial score (nSPS) is 11.0. The Balaban J connectivity index is 2.05.